The van der Waals surface area contributed by atoms with Gasteiger partial charge in [0.05, 0.1) is 5.69 Å². The van der Waals surface area contributed by atoms with E-state index in [9.17, 15) is 0 Å². The van der Waals surface area contributed by atoms with Crippen LogP contribution >= 0.6 is 0 Å². The van der Waals surface area contributed by atoms with Crippen LogP contribution in [0.2, 0.25) is 0 Å². The number of ether oxygens (including phenoxy) is 2. The summed E-state index contributed by atoms with van der Waals surface area (Å²) in [6.07, 6.45) is 0. The molecular weight excluding hydrogens is 218 g/mol. The number of aromatic nitrogens is 2. The lowest BCUT2D eigenvalue weighted by atomic mass is 10.0. The van der Waals surface area contributed by atoms with E-state index < -0.39 is 0 Å². The first-order valence-electron chi connectivity index (χ1n) is 5.24. The van der Waals surface area contributed by atoms with E-state index in [0.717, 1.165) is 28.3 Å². The van der Waals surface area contributed by atoms with Crippen molar-refractivity contribution in [3.05, 3.63) is 29.8 Å². The van der Waals surface area contributed by atoms with Crippen LogP contribution in [-0.2, 0) is 0 Å². The van der Waals surface area contributed by atoms with Crippen molar-refractivity contribution >= 4 is 5.82 Å². The molecule has 1 aliphatic heterocycles. The Hall–Kier alpha value is -2.30. The molecule has 0 atom stereocenters. The van der Waals surface area contributed by atoms with Gasteiger partial charge in [0, 0.05) is 5.56 Å². The molecule has 17 heavy (non-hydrogen) atoms. The van der Waals surface area contributed by atoms with Gasteiger partial charge in [-0.05, 0) is 36.8 Å². The second-order valence-electron chi connectivity index (χ2n) is 3.86. The van der Waals surface area contributed by atoms with Crippen LogP contribution in [0.25, 0.3) is 11.3 Å². The summed E-state index contributed by atoms with van der Waals surface area (Å²) in [6, 6.07) is 7.42. The molecule has 1 aromatic heterocycles. The van der Waals surface area contributed by atoms with Gasteiger partial charge >= 0.3 is 0 Å². The number of nitrogen functional groups attached to an aromatic ring is 1. The number of nitrogens with zero attached hydrogens (tertiary/aromatic N) is 2. The number of hydrogen-bond donors (Lipinski definition) is 1. The predicted octanol–water partition coefficient (Wildman–Crippen LogP) is 1.76. The smallest absolute Gasteiger partial charge is 0.231 e. The zero-order chi connectivity index (χ0) is 11.8. The Morgan fingerprint density at radius 2 is 1.88 bits per heavy atom. The van der Waals surface area contributed by atoms with Crippen LogP contribution in [0, 0.1) is 6.92 Å². The fraction of sp³-hybridized carbons (Fsp3) is 0.167. The summed E-state index contributed by atoms with van der Waals surface area (Å²) in [7, 11) is 0. The van der Waals surface area contributed by atoms with Crippen molar-refractivity contribution in [3.8, 4) is 22.8 Å². The molecule has 0 radical (unpaired) electrons. The van der Waals surface area contributed by atoms with Crippen molar-refractivity contribution < 1.29 is 9.47 Å². The van der Waals surface area contributed by atoms with Gasteiger partial charge in [0.1, 0.15) is 5.82 Å². The molecule has 2 N–H and O–H groups in total. The first-order chi connectivity index (χ1) is 8.24. The zero-order valence-electron chi connectivity index (χ0n) is 9.30. The van der Waals surface area contributed by atoms with E-state index in [1.54, 1.807) is 6.07 Å². The van der Waals surface area contributed by atoms with Crippen LogP contribution in [0.15, 0.2) is 24.3 Å². The highest BCUT2D eigenvalue weighted by Gasteiger charge is 2.16. The van der Waals surface area contributed by atoms with E-state index in [1.807, 2.05) is 25.1 Å². The third-order valence-electron chi connectivity index (χ3n) is 2.68. The largest absolute Gasteiger partial charge is 0.454 e. The van der Waals surface area contributed by atoms with Crippen molar-refractivity contribution in [1.29, 1.82) is 0 Å². The summed E-state index contributed by atoms with van der Waals surface area (Å²) in [5.41, 5.74) is 8.32. The minimum absolute atomic E-state index is 0.269. The molecule has 0 saturated carbocycles. The molecule has 0 amide bonds. The molecule has 0 aliphatic carbocycles. The number of fused-ring (bicyclic) bond motifs is 1. The Balaban J connectivity index is 2.11. The summed E-state index contributed by atoms with van der Waals surface area (Å²) in [6.45, 7) is 2.26. The van der Waals surface area contributed by atoms with Crippen LogP contribution in [0.3, 0.4) is 0 Å². The van der Waals surface area contributed by atoms with Gasteiger partial charge in [0.2, 0.25) is 6.79 Å². The summed E-state index contributed by atoms with van der Waals surface area (Å²) < 4.78 is 10.7. The van der Waals surface area contributed by atoms with E-state index in [0.29, 0.717) is 5.82 Å². The van der Waals surface area contributed by atoms with E-state index >= 15 is 0 Å². The maximum atomic E-state index is 5.51. The van der Waals surface area contributed by atoms with Crippen LogP contribution in [0.1, 0.15) is 5.56 Å². The van der Waals surface area contributed by atoms with Gasteiger partial charge < -0.3 is 15.2 Å². The Labute approximate surface area is 98.2 Å². The van der Waals surface area contributed by atoms with Crippen molar-refractivity contribution in [2.75, 3.05) is 12.5 Å². The molecule has 0 unspecified atom stereocenters. The van der Waals surface area contributed by atoms with Crippen LogP contribution in [0.5, 0.6) is 11.5 Å². The van der Waals surface area contributed by atoms with Crippen molar-refractivity contribution in [1.82, 2.24) is 10.2 Å². The maximum Gasteiger partial charge on any atom is 0.231 e. The molecule has 0 fully saturated rings. The second-order valence-corrected chi connectivity index (χ2v) is 3.86. The molecule has 0 saturated heterocycles. The van der Waals surface area contributed by atoms with Gasteiger partial charge in [-0.1, -0.05) is 0 Å². The molecular formula is C12H11N3O2. The number of benzene rings is 1. The quantitative estimate of drug-likeness (QED) is 0.806. The van der Waals surface area contributed by atoms with Crippen molar-refractivity contribution in [2.45, 2.75) is 6.92 Å². The SMILES string of the molecule is Cc1cc2c(cc1-c1ccc(N)nn1)OCO2. The molecule has 1 aliphatic rings. The van der Waals surface area contributed by atoms with Crippen LogP contribution in [0.4, 0.5) is 5.82 Å². The number of rotatable bonds is 1. The fourth-order valence-corrected chi connectivity index (χ4v) is 1.81. The lowest BCUT2D eigenvalue weighted by Crippen LogP contribution is -1.95. The highest BCUT2D eigenvalue weighted by molar-refractivity contribution is 5.68. The Bertz CT molecular complexity index is 567. The van der Waals surface area contributed by atoms with E-state index in [1.165, 1.54) is 0 Å². The lowest BCUT2D eigenvalue weighted by molar-refractivity contribution is 0.174. The van der Waals surface area contributed by atoms with Gasteiger partial charge in [0.15, 0.2) is 11.5 Å². The van der Waals surface area contributed by atoms with Crippen LogP contribution < -0.4 is 15.2 Å². The summed E-state index contributed by atoms with van der Waals surface area (Å²) in [5.74, 6) is 1.92. The molecule has 5 nitrogen and oxygen atoms in total. The van der Waals surface area contributed by atoms with Gasteiger partial charge in [-0.3, -0.25) is 0 Å². The summed E-state index contributed by atoms with van der Waals surface area (Å²) in [5, 5.41) is 7.91. The zero-order valence-corrected chi connectivity index (χ0v) is 9.30. The summed E-state index contributed by atoms with van der Waals surface area (Å²) >= 11 is 0. The van der Waals surface area contributed by atoms with Gasteiger partial charge in [-0.15, -0.1) is 10.2 Å². The standard InChI is InChI=1S/C12H11N3O2/c1-7-4-10-11(17-6-16-10)5-8(7)9-2-3-12(13)15-14-9/h2-5H,6H2,1H3,(H2,13,15). The van der Waals surface area contributed by atoms with Crippen LogP contribution in [-0.4, -0.2) is 17.0 Å². The van der Waals surface area contributed by atoms with Crippen molar-refractivity contribution in [2.24, 2.45) is 0 Å². The molecule has 1 aromatic carbocycles. The van der Waals surface area contributed by atoms with Gasteiger partial charge in [-0.25, -0.2) is 0 Å². The van der Waals surface area contributed by atoms with E-state index in [2.05, 4.69) is 10.2 Å². The van der Waals surface area contributed by atoms with E-state index in [4.69, 9.17) is 15.2 Å². The summed E-state index contributed by atoms with van der Waals surface area (Å²) in [4.78, 5) is 0. The lowest BCUT2D eigenvalue weighted by Gasteiger charge is -2.06. The molecule has 3 rings (SSSR count). The van der Waals surface area contributed by atoms with Gasteiger partial charge in [0.25, 0.3) is 0 Å². The second kappa shape index (κ2) is 3.62. The highest BCUT2D eigenvalue weighted by atomic mass is 16.7. The predicted molar refractivity (Wildman–Crippen MR) is 62.7 cm³/mol. The molecule has 0 spiro atoms. The van der Waals surface area contributed by atoms with E-state index in [-0.39, 0.29) is 6.79 Å². The Morgan fingerprint density at radius 3 is 2.59 bits per heavy atom. The molecule has 2 heterocycles. The number of nitrogens with two attached hydrogens (primary N) is 1. The molecule has 5 heteroatoms. The fourth-order valence-electron chi connectivity index (χ4n) is 1.81. The molecule has 2 aromatic rings. The third-order valence-corrected chi connectivity index (χ3v) is 2.68. The molecule has 86 valence electrons. The first kappa shape index (κ1) is 9.89. The Morgan fingerprint density at radius 1 is 1.12 bits per heavy atom. The minimum atomic E-state index is 0.269. The number of anilines is 1. The Kier molecular flexibility index (Phi) is 2.11. The maximum absolute atomic E-state index is 5.51. The minimum Gasteiger partial charge on any atom is -0.454 e. The van der Waals surface area contributed by atoms with Gasteiger partial charge in [-0.2, -0.15) is 0 Å². The normalized spacial score (nSPS) is 12.8. The average Bonchev–Trinajstić information content (AvgIpc) is 2.76. The average molecular weight is 229 g/mol. The number of hydrogen-bond acceptors (Lipinski definition) is 5. The first-order valence-corrected chi connectivity index (χ1v) is 5.24. The molecule has 0 bridgehead atoms. The van der Waals surface area contributed by atoms with Crippen molar-refractivity contribution in [3.63, 3.8) is 0 Å². The highest BCUT2D eigenvalue weighted by Crippen LogP contribution is 2.37. The topological polar surface area (TPSA) is 70.3 Å². The monoisotopic (exact) mass is 229 g/mol. The number of aryl methyl sites for hydroxylation is 1. The third kappa shape index (κ3) is 1.65.